The van der Waals surface area contributed by atoms with Crippen LogP contribution in [0.15, 0.2) is 33.6 Å². The first-order valence-electron chi connectivity index (χ1n) is 7.81. The zero-order chi connectivity index (χ0) is 15.6. The summed E-state index contributed by atoms with van der Waals surface area (Å²) in [4.78, 5) is 0.316. The number of nitrogens with one attached hydrogen (secondary N) is 1. The number of halogens is 1. The van der Waals surface area contributed by atoms with Crippen molar-refractivity contribution in [1.82, 2.24) is 4.72 Å². The van der Waals surface area contributed by atoms with E-state index >= 15 is 0 Å². The fourth-order valence-electron chi connectivity index (χ4n) is 2.18. The third-order valence-corrected chi connectivity index (χ3v) is 5.38. The van der Waals surface area contributed by atoms with Crippen LogP contribution >= 0.6 is 15.9 Å². The van der Waals surface area contributed by atoms with Crippen LogP contribution in [-0.2, 0) is 10.0 Å². The van der Waals surface area contributed by atoms with Crippen LogP contribution in [0, 0.1) is 0 Å². The molecule has 0 atom stereocenters. The van der Waals surface area contributed by atoms with E-state index < -0.39 is 10.0 Å². The number of hydrogen-bond acceptors (Lipinski definition) is 2. The Bertz CT molecular complexity index is 503. The summed E-state index contributed by atoms with van der Waals surface area (Å²) in [5.41, 5.74) is 0. The minimum Gasteiger partial charge on any atom is -0.211 e. The number of sulfonamides is 1. The second-order valence-electron chi connectivity index (χ2n) is 5.33. The van der Waals surface area contributed by atoms with Gasteiger partial charge in [-0.1, -0.05) is 73.9 Å². The van der Waals surface area contributed by atoms with Crippen LogP contribution < -0.4 is 4.72 Å². The fourth-order valence-corrected chi connectivity index (χ4v) is 3.85. The lowest BCUT2D eigenvalue weighted by Gasteiger charge is -2.07. The summed E-state index contributed by atoms with van der Waals surface area (Å²) >= 11 is 3.29. The fraction of sp³-hybridized carbons (Fsp3) is 0.625. The summed E-state index contributed by atoms with van der Waals surface area (Å²) in [5.74, 6) is 0. The topological polar surface area (TPSA) is 46.2 Å². The summed E-state index contributed by atoms with van der Waals surface area (Å²) in [6, 6.07) is 6.78. The van der Waals surface area contributed by atoms with Gasteiger partial charge in [-0.3, -0.25) is 0 Å². The van der Waals surface area contributed by atoms with Crippen molar-refractivity contribution in [1.29, 1.82) is 0 Å². The molecule has 0 aliphatic carbocycles. The molecule has 0 aliphatic rings. The van der Waals surface area contributed by atoms with Gasteiger partial charge in [0, 0.05) is 11.0 Å². The maximum atomic E-state index is 12.1. The minimum absolute atomic E-state index is 0.316. The molecule has 0 unspecified atom stereocenters. The van der Waals surface area contributed by atoms with Crippen molar-refractivity contribution in [3.05, 3.63) is 28.7 Å². The van der Waals surface area contributed by atoms with E-state index in [4.69, 9.17) is 0 Å². The van der Waals surface area contributed by atoms with Crippen molar-refractivity contribution in [2.45, 2.75) is 63.2 Å². The van der Waals surface area contributed by atoms with Crippen molar-refractivity contribution in [3.63, 3.8) is 0 Å². The van der Waals surface area contributed by atoms with Gasteiger partial charge in [-0.25, -0.2) is 13.1 Å². The lowest BCUT2D eigenvalue weighted by Crippen LogP contribution is -2.24. The molecule has 0 fully saturated rings. The molecule has 1 aromatic rings. The van der Waals surface area contributed by atoms with E-state index in [2.05, 4.69) is 27.6 Å². The smallest absolute Gasteiger partial charge is 0.211 e. The normalized spacial score (nSPS) is 11.7. The average Bonchev–Trinajstić information content (AvgIpc) is 2.45. The first kappa shape index (κ1) is 18.7. The molecule has 5 heteroatoms. The van der Waals surface area contributed by atoms with Gasteiger partial charge in [-0.05, 0) is 24.6 Å². The Labute approximate surface area is 137 Å². The molecule has 1 N–H and O–H groups in total. The highest BCUT2D eigenvalue weighted by Gasteiger charge is 2.12. The number of rotatable bonds is 11. The molecule has 21 heavy (non-hydrogen) atoms. The van der Waals surface area contributed by atoms with E-state index in [0.29, 0.717) is 11.4 Å². The Kier molecular flexibility index (Phi) is 9.20. The Morgan fingerprint density at radius 1 is 1.00 bits per heavy atom. The SMILES string of the molecule is CCCCCCCCCCNS(=O)(=O)c1cccc(Br)c1. The van der Waals surface area contributed by atoms with E-state index in [0.717, 1.165) is 17.3 Å². The number of benzene rings is 1. The van der Waals surface area contributed by atoms with E-state index in [1.165, 1.54) is 38.5 Å². The number of unbranched alkanes of at least 4 members (excludes halogenated alkanes) is 7. The first-order chi connectivity index (χ1) is 10.1. The zero-order valence-corrected chi connectivity index (χ0v) is 15.2. The Hall–Kier alpha value is -0.390. The maximum Gasteiger partial charge on any atom is 0.240 e. The molecular formula is C16H26BrNO2S. The van der Waals surface area contributed by atoms with Crippen LogP contribution in [0.25, 0.3) is 0 Å². The van der Waals surface area contributed by atoms with E-state index in [9.17, 15) is 8.42 Å². The van der Waals surface area contributed by atoms with Gasteiger partial charge in [0.25, 0.3) is 0 Å². The van der Waals surface area contributed by atoms with Gasteiger partial charge >= 0.3 is 0 Å². The van der Waals surface area contributed by atoms with Crippen LogP contribution in [0.1, 0.15) is 58.3 Å². The molecule has 0 spiro atoms. The summed E-state index contributed by atoms with van der Waals surface area (Å²) in [6.45, 7) is 2.74. The molecule has 120 valence electrons. The van der Waals surface area contributed by atoms with E-state index in [1.807, 2.05) is 6.07 Å². The molecule has 0 saturated heterocycles. The molecule has 1 rings (SSSR count). The van der Waals surface area contributed by atoms with Crippen LogP contribution in [0.3, 0.4) is 0 Å². The first-order valence-corrected chi connectivity index (χ1v) is 10.1. The van der Waals surface area contributed by atoms with Crippen molar-refractivity contribution in [2.75, 3.05) is 6.54 Å². The standard InChI is InChI=1S/C16H26BrNO2S/c1-2-3-4-5-6-7-8-9-13-18-21(19,20)16-12-10-11-15(17)14-16/h10-12,14,18H,2-9,13H2,1H3. The van der Waals surface area contributed by atoms with Gasteiger partial charge in [0.05, 0.1) is 4.90 Å². The largest absolute Gasteiger partial charge is 0.240 e. The third-order valence-electron chi connectivity index (χ3n) is 3.43. The molecule has 0 heterocycles. The number of hydrogen-bond donors (Lipinski definition) is 1. The van der Waals surface area contributed by atoms with E-state index in [-0.39, 0.29) is 0 Å². The summed E-state index contributed by atoms with van der Waals surface area (Å²) in [5, 5.41) is 0. The predicted octanol–water partition coefficient (Wildman–Crippen LogP) is 4.87. The van der Waals surface area contributed by atoms with Crippen molar-refractivity contribution in [3.8, 4) is 0 Å². The monoisotopic (exact) mass is 375 g/mol. The quantitative estimate of drug-likeness (QED) is 0.560. The van der Waals surface area contributed by atoms with Gasteiger partial charge in [-0.2, -0.15) is 0 Å². The summed E-state index contributed by atoms with van der Waals surface area (Å²) in [6.07, 6.45) is 9.68. The minimum atomic E-state index is -3.37. The highest BCUT2D eigenvalue weighted by Crippen LogP contribution is 2.16. The zero-order valence-electron chi connectivity index (χ0n) is 12.8. The Balaban J connectivity index is 2.17. The van der Waals surface area contributed by atoms with Gasteiger partial charge in [0.2, 0.25) is 10.0 Å². The Morgan fingerprint density at radius 3 is 2.24 bits per heavy atom. The predicted molar refractivity (Wildman–Crippen MR) is 91.9 cm³/mol. The Morgan fingerprint density at radius 2 is 1.62 bits per heavy atom. The summed E-state index contributed by atoms with van der Waals surface area (Å²) in [7, 11) is -3.37. The molecule has 0 aliphatic heterocycles. The molecule has 0 radical (unpaired) electrons. The molecule has 0 bridgehead atoms. The van der Waals surface area contributed by atoms with E-state index in [1.54, 1.807) is 18.2 Å². The highest BCUT2D eigenvalue weighted by molar-refractivity contribution is 9.10. The summed E-state index contributed by atoms with van der Waals surface area (Å²) < 4.78 is 27.6. The van der Waals surface area contributed by atoms with Gasteiger partial charge in [0.15, 0.2) is 0 Å². The highest BCUT2D eigenvalue weighted by atomic mass is 79.9. The van der Waals surface area contributed by atoms with Crippen LogP contribution in [0.4, 0.5) is 0 Å². The maximum absolute atomic E-state index is 12.1. The molecule has 1 aromatic carbocycles. The lowest BCUT2D eigenvalue weighted by molar-refractivity contribution is 0.559. The van der Waals surface area contributed by atoms with Crippen LogP contribution in [0.5, 0.6) is 0 Å². The second kappa shape index (κ2) is 10.4. The molecule has 0 saturated carbocycles. The van der Waals surface area contributed by atoms with Crippen LogP contribution in [-0.4, -0.2) is 15.0 Å². The molecule has 3 nitrogen and oxygen atoms in total. The third kappa shape index (κ3) is 7.98. The van der Waals surface area contributed by atoms with Gasteiger partial charge in [0.1, 0.15) is 0 Å². The van der Waals surface area contributed by atoms with Crippen molar-refractivity contribution < 1.29 is 8.42 Å². The van der Waals surface area contributed by atoms with Crippen molar-refractivity contribution >= 4 is 26.0 Å². The molecular weight excluding hydrogens is 350 g/mol. The average molecular weight is 376 g/mol. The van der Waals surface area contributed by atoms with Gasteiger partial charge < -0.3 is 0 Å². The van der Waals surface area contributed by atoms with Crippen LogP contribution in [0.2, 0.25) is 0 Å². The second-order valence-corrected chi connectivity index (χ2v) is 8.01. The molecule has 0 aromatic heterocycles. The molecule has 0 amide bonds. The lowest BCUT2D eigenvalue weighted by atomic mass is 10.1. The van der Waals surface area contributed by atoms with Gasteiger partial charge in [-0.15, -0.1) is 0 Å². The van der Waals surface area contributed by atoms with Crippen molar-refractivity contribution in [2.24, 2.45) is 0 Å².